The van der Waals surface area contributed by atoms with Crippen molar-refractivity contribution in [2.75, 3.05) is 5.32 Å². The van der Waals surface area contributed by atoms with E-state index in [1.165, 1.54) is 11.3 Å². The van der Waals surface area contributed by atoms with Crippen molar-refractivity contribution >= 4 is 50.5 Å². The van der Waals surface area contributed by atoms with Gasteiger partial charge in [0.05, 0.1) is 10.6 Å². The van der Waals surface area contributed by atoms with Crippen molar-refractivity contribution in [1.29, 1.82) is 0 Å². The molecule has 0 bridgehead atoms. The highest BCUT2D eigenvalue weighted by Gasteiger charge is 2.08. The van der Waals surface area contributed by atoms with Crippen molar-refractivity contribution in [2.45, 2.75) is 6.92 Å². The van der Waals surface area contributed by atoms with Crippen molar-refractivity contribution in [3.8, 4) is 0 Å². The third-order valence-electron chi connectivity index (χ3n) is 3.71. The first-order chi connectivity index (χ1) is 13.0. The van der Waals surface area contributed by atoms with E-state index in [4.69, 9.17) is 0 Å². The van der Waals surface area contributed by atoms with E-state index in [0.29, 0.717) is 21.8 Å². The second-order valence-corrected chi connectivity index (χ2v) is 7.52. The monoisotopic (exact) mass is 441 g/mol. The Morgan fingerprint density at radius 2 is 1.74 bits per heavy atom. The Labute approximate surface area is 169 Å². The minimum Gasteiger partial charge on any atom is -0.321 e. The Balaban J connectivity index is 1.68. The van der Waals surface area contributed by atoms with Gasteiger partial charge in [-0.2, -0.15) is 5.10 Å². The molecule has 0 saturated heterocycles. The van der Waals surface area contributed by atoms with E-state index in [-0.39, 0.29) is 11.8 Å². The third kappa shape index (κ3) is 5.12. The zero-order chi connectivity index (χ0) is 19.2. The van der Waals surface area contributed by atoms with Crippen LogP contribution in [0.1, 0.15) is 32.5 Å². The summed E-state index contributed by atoms with van der Waals surface area (Å²) in [6.07, 6.45) is 0. The van der Waals surface area contributed by atoms with E-state index >= 15 is 0 Å². The molecule has 2 amide bonds. The quantitative estimate of drug-likeness (QED) is 0.435. The minimum absolute atomic E-state index is 0.153. The maximum absolute atomic E-state index is 12.2. The highest BCUT2D eigenvalue weighted by Crippen LogP contribution is 2.15. The van der Waals surface area contributed by atoms with Gasteiger partial charge in [-0.15, -0.1) is 11.3 Å². The molecule has 0 aliphatic heterocycles. The lowest BCUT2D eigenvalue weighted by molar-refractivity contribution is 0.0954. The third-order valence-corrected chi connectivity index (χ3v) is 5.11. The van der Waals surface area contributed by atoms with Crippen molar-refractivity contribution in [3.05, 3.63) is 86.5 Å². The number of carbonyl (C=O) groups is 2. The van der Waals surface area contributed by atoms with Gasteiger partial charge in [0.1, 0.15) is 0 Å². The standard InChI is InChI=1S/C20H16BrN3O2S/c1-13(23-24-19(25)14-7-9-16(21)10-8-14)15-4-2-5-17(12-15)22-20(26)18-6-3-11-27-18/h2-12H,1H3,(H,22,26)(H,24,25). The highest BCUT2D eigenvalue weighted by molar-refractivity contribution is 9.10. The first-order valence-corrected chi connectivity index (χ1v) is 9.75. The molecule has 2 N–H and O–H groups in total. The van der Waals surface area contributed by atoms with Crippen LogP contribution < -0.4 is 10.7 Å². The first-order valence-electron chi connectivity index (χ1n) is 8.08. The van der Waals surface area contributed by atoms with Crippen LogP contribution in [0.5, 0.6) is 0 Å². The average Bonchev–Trinajstić information content (AvgIpc) is 3.21. The molecule has 136 valence electrons. The Morgan fingerprint density at radius 3 is 2.44 bits per heavy atom. The summed E-state index contributed by atoms with van der Waals surface area (Å²) in [6.45, 7) is 1.79. The van der Waals surface area contributed by atoms with Gasteiger partial charge in [-0.1, -0.05) is 34.1 Å². The Kier molecular flexibility index (Phi) is 6.16. The molecule has 0 aliphatic rings. The Bertz CT molecular complexity index is 983. The number of nitrogens with zero attached hydrogens (tertiary/aromatic N) is 1. The number of anilines is 1. The van der Waals surface area contributed by atoms with Gasteiger partial charge in [-0.25, -0.2) is 5.43 Å². The number of carbonyl (C=O) groups excluding carboxylic acids is 2. The smallest absolute Gasteiger partial charge is 0.271 e. The van der Waals surface area contributed by atoms with Crippen LogP contribution in [-0.4, -0.2) is 17.5 Å². The molecule has 0 spiro atoms. The summed E-state index contributed by atoms with van der Waals surface area (Å²) in [5.41, 5.74) is 5.17. The summed E-state index contributed by atoms with van der Waals surface area (Å²) in [6, 6.07) is 17.9. The summed E-state index contributed by atoms with van der Waals surface area (Å²) in [5.74, 6) is -0.440. The van der Waals surface area contributed by atoms with Gasteiger partial charge in [0, 0.05) is 15.7 Å². The molecular weight excluding hydrogens is 426 g/mol. The largest absolute Gasteiger partial charge is 0.321 e. The van der Waals surface area contributed by atoms with E-state index in [1.54, 1.807) is 37.3 Å². The average molecular weight is 442 g/mol. The highest BCUT2D eigenvalue weighted by atomic mass is 79.9. The van der Waals surface area contributed by atoms with Crippen LogP contribution in [0.2, 0.25) is 0 Å². The number of rotatable bonds is 5. The number of thiophene rings is 1. The van der Waals surface area contributed by atoms with Crippen LogP contribution >= 0.6 is 27.3 Å². The summed E-state index contributed by atoms with van der Waals surface area (Å²) in [7, 11) is 0. The molecule has 1 aromatic heterocycles. The molecule has 1 heterocycles. The molecule has 0 saturated carbocycles. The molecule has 0 radical (unpaired) electrons. The summed E-state index contributed by atoms with van der Waals surface area (Å²) < 4.78 is 0.903. The Morgan fingerprint density at radius 1 is 0.963 bits per heavy atom. The number of benzene rings is 2. The number of hydrogen-bond acceptors (Lipinski definition) is 4. The van der Waals surface area contributed by atoms with Crippen molar-refractivity contribution < 1.29 is 9.59 Å². The zero-order valence-electron chi connectivity index (χ0n) is 14.4. The molecule has 5 nitrogen and oxygen atoms in total. The second-order valence-electron chi connectivity index (χ2n) is 5.66. The topological polar surface area (TPSA) is 70.6 Å². The van der Waals surface area contributed by atoms with E-state index in [1.807, 2.05) is 35.7 Å². The maximum atomic E-state index is 12.2. The number of halogens is 1. The number of amides is 2. The van der Waals surface area contributed by atoms with Crippen LogP contribution in [0.3, 0.4) is 0 Å². The number of nitrogens with one attached hydrogen (secondary N) is 2. The van der Waals surface area contributed by atoms with Gasteiger partial charge in [-0.3, -0.25) is 9.59 Å². The molecule has 0 unspecified atom stereocenters. The summed E-state index contributed by atoms with van der Waals surface area (Å²) >= 11 is 4.72. The molecule has 27 heavy (non-hydrogen) atoms. The van der Waals surface area contributed by atoms with Crippen LogP contribution in [-0.2, 0) is 0 Å². The second kappa shape index (κ2) is 8.75. The fraction of sp³-hybridized carbons (Fsp3) is 0.0500. The molecule has 7 heteroatoms. The number of hydrazone groups is 1. The van der Waals surface area contributed by atoms with Gasteiger partial charge in [0.15, 0.2) is 0 Å². The zero-order valence-corrected chi connectivity index (χ0v) is 16.8. The van der Waals surface area contributed by atoms with E-state index in [0.717, 1.165) is 10.0 Å². The van der Waals surface area contributed by atoms with Crippen molar-refractivity contribution in [2.24, 2.45) is 5.10 Å². The molecule has 0 fully saturated rings. The predicted octanol–water partition coefficient (Wildman–Crippen LogP) is 4.92. The predicted molar refractivity (Wildman–Crippen MR) is 113 cm³/mol. The van der Waals surface area contributed by atoms with Gasteiger partial charge in [-0.05, 0) is 60.3 Å². The minimum atomic E-state index is -0.288. The normalized spacial score (nSPS) is 11.1. The Hall–Kier alpha value is -2.77. The van der Waals surface area contributed by atoms with Crippen molar-refractivity contribution in [3.63, 3.8) is 0 Å². The lowest BCUT2D eigenvalue weighted by atomic mass is 10.1. The van der Waals surface area contributed by atoms with Crippen LogP contribution in [0.25, 0.3) is 0 Å². The molecule has 3 rings (SSSR count). The van der Waals surface area contributed by atoms with Gasteiger partial charge in [0.2, 0.25) is 0 Å². The molecular formula is C20H16BrN3O2S. The van der Waals surface area contributed by atoms with Gasteiger partial charge >= 0.3 is 0 Å². The van der Waals surface area contributed by atoms with Crippen LogP contribution in [0.15, 0.2) is 75.6 Å². The summed E-state index contributed by atoms with van der Waals surface area (Å²) in [4.78, 5) is 25.0. The lowest BCUT2D eigenvalue weighted by Gasteiger charge is -2.07. The maximum Gasteiger partial charge on any atom is 0.271 e. The molecule has 2 aromatic carbocycles. The van der Waals surface area contributed by atoms with E-state index in [2.05, 4.69) is 31.8 Å². The fourth-order valence-electron chi connectivity index (χ4n) is 2.29. The van der Waals surface area contributed by atoms with Gasteiger partial charge < -0.3 is 5.32 Å². The molecule has 0 aliphatic carbocycles. The van der Waals surface area contributed by atoms with E-state index < -0.39 is 0 Å². The number of hydrogen-bond donors (Lipinski definition) is 2. The van der Waals surface area contributed by atoms with Crippen molar-refractivity contribution in [1.82, 2.24) is 5.43 Å². The molecule has 0 atom stereocenters. The van der Waals surface area contributed by atoms with Crippen LogP contribution in [0.4, 0.5) is 5.69 Å². The van der Waals surface area contributed by atoms with E-state index in [9.17, 15) is 9.59 Å². The lowest BCUT2D eigenvalue weighted by Crippen LogP contribution is -2.19. The SMILES string of the molecule is CC(=NNC(=O)c1ccc(Br)cc1)c1cccc(NC(=O)c2cccs2)c1. The summed E-state index contributed by atoms with van der Waals surface area (Å²) in [5, 5.41) is 8.88. The van der Waals surface area contributed by atoms with Gasteiger partial charge in [0.25, 0.3) is 11.8 Å². The first kappa shape index (κ1) is 19.0. The fourth-order valence-corrected chi connectivity index (χ4v) is 3.17. The van der Waals surface area contributed by atoms with Crippen LogP contribution in [0, 0.1) is 0 Å². The molecule has 3 aromatic rings.